The van der Waals surface area contributed by atoms with Crippen molar-refractivity contribution in [2.24, 2.45) is 0 Å². The summed E-state index contributed by atoms with van der Waals surface area (Å²) >= 11 is 0. The molecule has 1 amide bonds. The second-order valence-electron chi connectivity index (χ2n) is 5.60. The topological polar surface area (TPSA) is 50.8 Å². The van der Waals surface area contributed by atoms with Crippen molar-refractivity contribution < 1.29 is 14.3 Å². The lowest BCUT2D eigenvalue weighted by molar-refractivity contribution is -0.100. The average Bonchev–Trinajstić information content (AvgIpc) is 2.13. The Balaban J connectivity index is 1.91. The first-order valence-electron chi connectivity index (χ1n) is 5.71. The van der Waals surface area contributed by atoms with Crippen molar-refractivity contribution in [3.63, 3.8) is 0 Å². The van der Waals surface area contributed by atoms with Crippen LogP contribution in [0.4, 0.5) is 4.79 Å². The van der Waals surface area contributed by atoms with E-state index in [-0.39, 0.29) is 11.6 Å². The van der Waals surface area contributed by atoms with Crippen LogP contribution in [-0.4, -0.2) is 55.0 Å². The van der Waals surface area contributed by atoms with E-state index in [9.17, 15) is 4.79 Å². The van der Waals surface area contributed by atoms with Crippen LogP contribution in [0.1, 0.15) is 20.8 Å². The molecule has 0 radical (unpaired) electrons. The number of nitrogens with zero attached hydrogens (tertiary/aromatic N) is 1. The SMILES string of the molecule is CC(C)(C)OC(=O)N1CCNC2(COC2)C1. The van der Waals surface area contributed by atoms with Gasteiger partial charge in [0.1, 0.15) is 5.60 Å². The molecule has 0 aromatic carbocycles. The third kappa shape index (κ3) is 2.47. The minimum absolute atomic E-state index is 0.0187. The molecule has 2 fully saturated rings. The number of carbonyl (C=O) groups excluding carboxylic acids is 1. The molecule has 2 rings (SSSR count). The van der Waals surface area contributed by atoms with Gasteiger partial charge in [-0.1, -0.05) is 0 Å². The molecule has 0 atom stereocenters. The fourth-order valence-electron chi connectivity index (χ4n) is 1.98. The first kappa shape index (κ1) is 11.7. The maximum absolute atomic E-state index is 11.9. The van der Waals surface area contributed by atoms with Crippen LogP contribution in [0.25, 0.3) is 0 Å². The molecule has 16 heavy (non-hydrogen) atoms. The van der Waals surface area contributed by atoms with Gasteiger partial charge in [-0.05, 0) is 20.8 Å². The van der Waals surface area contributed by atoms with Gasteiger partial charge in [0, 0.05) is 19.6 Å². The molecule has 0 saturated carbocycles. The summed E-state index contributed by atoms with van der Waals surface area (Å²) in [5.74, 6) is 0. The Morgan fingerprint density at radius 1 is 1.44 bits per heavy atom. The molecule has 5 nitrogen and oxygen atoms in total. The van der Waals surface area contributed by atoms with Crippen LogP contribution < -0.4 is 5.32 Å². The molecule has 0 bridgehead atoms. The zero-order chi connectivity index (χ0) is 11.8. The molecule has 2 saturated heterocycles. The molecule has 0 unspecified atom stereocenters. The van der Waals surface area contributed by atoms with E-state index >= 15 is 0 Å². The van der Waals surface area contributed by atoms with Crippen LogP contribution >= 0.6 is 0 Å². The van der Waals surface area contributed by atoms with Crippen molar-refractivity contribution in [2.45, 2.75) is 31.9 Å². The van der Waals surface area contributed by atoms with Crippen molar-refractivity contribution in [2.75, 3.05) is 32.8 Å². The van der Waals surface area contributed by atoms with Crippen LogP contribution in [0, 0.1) is 0 Å². The Morgan fingerprint density at radius 2 is 2.12 bits per heavy atom. The summed E-state index contributed by atoms with van der Waals surface area (Å²) < 4.78 is 10.6. The molecular weight excluding hydrogens is 208 g/mol. The molecule has 1 spiro atoms. The van der Waals surface area contributed by atoms with Crippen LogP contribution in [0.2, 0.25) is 0 Å². The van der Waals surface area contributed by atoms with Crippen molar-refractivity contribution >= 4 is 6.09 Å². The number of piperazine rings is 1. The van der Waals surface area contributed by atoms with Gasteiger partial charge in [0.25, 0.3) is 0 Å². The molecule has 0 aliphatic carbocycles. The summed E-state index contributed by atoms with van der Waals surface area (Å²) in [4.78, 5) is 13.6. The Kier molecular flexibility index (Phi) is 2.84. The predicted molar refractivity (Wildman–Crippen MR) is 59.4 cm³/mol. The summed E-state index contributed by atoms with van der Waals surface area (Å²) in [6, 6.07) is 0. The third-order valence-corrected chi connectivity index (χ3v) is 2.78. The highest BCUT2D eigenvalue weighted by molar-refractivity contribution is 5.68. The van der Waals surface area contributed by atoms with Gasteiger partial charge in [-0.25, -0.2) is 4.79 Å². The van der Waals surface area contributed by atoms with Crippen LogP contribution in [0.3, 0.4) is 0 Å². The smallest absolute Gasteiger partial charge is 0.410 e. The first-order chi connectivity index (χ1) is 7.40. The van der Waals surface area contributed by atoms with Crippen molar-refractivity contribution in [1.82, 2.24) is 10.2 Å². The normalized spacial score (nSPS) is 24.1. The zero-order valence-electron chi connectivity index (χ0n) is 10.2. The van der Waals surface area contributed by atoms with E-state index in [0.29, 0.717) is 26.3 Å². The van der Waals surface area contributed by atoms with E-state index in [4.69, 9.17) is 9.47 Å². The summed E-state index contributed by atoms with van der Waals surface area (Å²) in [5, 5.41) is 3.41. The van der Waals surface area contributed by atoms with Gasteiger partial charge in [0.2, 0.25) is 0 Å². The fraction of sp³-hybridized carbons (Fsp3) is 0.909. The molecule has 1 N–H and O–H groups in total. The van der Waals surface area contributed by atoms with E-state index in [1.165, 1.54) is 0 Å². The van der Waals surface area contributed by atoms with Gasteiger partial charge in [0.15, 0.2) is 0 Å². The van der Waals surface area contributed by atoms with Gasteiger partial charge >= 0.3 is 6.09 Å². The second kappa shape index (κ2) is 3.89. The molecule has 0 aromatic heterocycles. The number of rotatable bonds is 0. The first-order valence-corrected chi connectivity index (χ1v) is 5.71. The standard InChI is InChI=1S/C11H20N2O3/c1-10(2,3)16-9(14)13-5-4-12-11(6-13)7-15-8-11/h12H,4-8H2,1-3H3. The summed E-state index contributed by atoms with van der Waals surface area (Å²) in [7, 11) is 0. The fourth-order valence-corrected chi connectivity index (χ4v) is 1.98. The van der Waals surface area contributed by atoms with Crippen LogP contribution in [0.15, 0.2) is 0 Å². The number of ether oxygens (including phenoxy) is 2. The van der Waals surface area contributed by atoms with Crippen LogP contribution in [-0.2, 0) is 9.47 Å². The maximum atomic E-state index is 11.9. The largest absolute Gasteiger partial charge is 0.444 e. The average molecular weight is 228 g/mol. The van der Waals surface area contributed by atoms with Gasteiger partial charge in [-0.15, -0.1) is 0 Å². The number of hydrogen-bond acceptors (Lipinski definition) is 4. The van der Waals surface area contributed by atoms with E-state index in [1.54, 1.807) is 4.90 Å². The lowest BCUT2D eigenvalue weighted by Gasteiger charge is -2.48. The van der Waals surface area contributed by atoms with E-state index < -0.39 is 5.60 Å². The molecule has 5 heteroatoms. The molecule has 2 aliphatic rings. The van der Waals surface area contributed by atoms with Gasteiger partial charge in [-0.3, -0.25) is 0 Å². The monoisotopic (exact) mass is 228 g/mol. The Bertz CT molecular complexity index is 281. The van der Waals surface area contributed by atoms with Crippen LogP contribution in [0.5, 0.6) is 0 Å². The quantitative estimate of drug-likeness (QED) is 0.659. The third-order valence-electron chi connectivity index (χ3n) is 2.78. The minimum atomic E-state index is -0.425. The lowest BCUT2D eigenvalue weighted by Crippen LogP contribution is -2.71. The maximum Gasteiger partial charge on any atom is 0.410 e. The number of amides is 1. The highest BCUT2D eigenvalue weighted by atomic mass is 16.6. The Hall–Kier alpha value is -0.810. The summed E-state index contributed by atoms with van der Waals surface area (Å²) in [6.45, 7) is 9.22. The highest BCUT2D eigenvalue weighted by Gasteiger charge is 2.43. The van der Waals surface area contributed by atoms with Gasteiger partial charge in [0.05, 0.1) is 18.8 Å². The molecule has 0 aromatic rings. The van der Waals surface area contributed by atoms with E-state index in [1.807, 2.05) is 20.8 Å². The van der Waals surface area contributed by atoms with E-state index in [2.05, 4.69) is 5.32 Å². The van der Waals surface area contributed by atoms with E-state index in [0.717, 1.165) is 6.54 Å². The molecule has 2 heterocycles. The highest BCUT2D eigenvalue weighted by Crippen LogP contribution is 2.22. The predicted octanol–water partition coefficient (Wildman–Crippen LogP) is 0.596. The summed E-state index contributed by atoms with van der Waals surface area (Å²) in [6.07, 6.45) is -0.222. The lowest BCUT2D eigenvalue weighted by atomic mass is 9.95. The number of nitrogens with one attached hydrogen (secondary N) is 1. The van der Waals surface area contributed by atoms with Crippen molar-refractivity contribution in [1.29, 1.82) is 0 Å². The molecule has 92 valence electrons. The Labute approximate surface area is 96.1 Å². The minimum Gasteiger partial charge on any atom is -0.444 e. The summed E-state index contributed by atoms with van der Waals surface area (Å²) in [5.41, 5.74) is -0.444. The molecular formula is C11H20N2O3. The number of hydrogen-bond donors (Lipinski definition) is 1. The van der Waals surface area contributed by atoms with Crippen molar-refractivity contribution in [3.05, 3.63) is 0 Å². The van der Waals surface area contributed by atoms with Gasteiger partial charge in [-0.2, -0.15) is 0 Å². The van der Waals surface area contributed by atoms with Crippen molar-refractivity contribution in [3.8, 4) is 0 Å². The second-order valence-corrected chi connectivity index (χ2v) is 5.60. The van der Waals surface area contributed by atoms with Gasteiger partial charge < -0.3 is 19.7 Å². The zero-order valence-corrected chi connectivity index (χ0v) is 10.2. The Morgan fingerprint density at radius 3 is 2.62 bits per heavy atom. The number of carbonyl (C=O) groups is 1. The molecule has 2 aliphatic heterocycles.